The standard InChI is InChI=1S/C24H33NO/c1-16(2)25(17(3)4)12-11-22(23-13-18(5)9-10-24(23)26)20-8-6-7-19-14-21(19)15-20/h6-10,13,15-17,19,22,26H,11-12,14H2,1-5H3. The van der Waals surface area contributed by atoms with Crippen LogP contribution in [0.15, 0.2) is 53.6 Å². The molecule has 2 unspecified atom stereocenters. The lowest BCUT2D eigenvalue weighted by Crippen LogP contribution is -2.38. The van der Waals surface area contributed by atoms with Crippen LogP contribution in [0.1, 0.15) is 57.6 Å². The molecular formula is C24H33NO. The van der Waals surface area contributed by atoms with Crippen LogP contribution in [0.2, 0.25) is 0 Å². The number of hydrogen-bond donors (Lipinski definition) is 1. The number of rotatable bonds is 7. The predicted octanol–water partition coefficient (Wildman–Crippen LogP) is 5.74. The summed E-state index contributed by atoms with van der Waals surface area (Å²) in [6.07, 6.45) is 11.4. The summed E-state index contributed by atoms with van der Waals surface area (Å²) in [5.41, 5.74) is 5.14. The third-order valence-electron chi connectivity index (χ3n) is 5.72. The number of hydrogen-bond acceptors (Lipinski definition) is 2. The fourth-order valence-electron chi connectivity index (χ4n) is 4.18. The molecule has 0 bridgehead atoms. The lowest BCUT2D eigenvalue weighted by Gasteiger charge is -2.32. The molecule has 1 aromatic carbocycles. The Bertz CT molecular complexity index is 731. The molecule has 0 amide bonds. The largest absolute Gasteiger partial charge is 0.508 e. The summed E-state index contributed by atoms with van der Waals surface area (Å²) in [5, 5.41) is 10.6. The van der Waals surface area contributed by atoms with Crippen molar-refractivity contribution >= 4 is 0 Å². The zero-order valence-corrected chi connectivity index (χ0v) is 16.9. The average molecular weight is 352 g/mol. The van der Waals surface area contributed by atoms with Crippen molar-refractivity contribution in [1.82, 2.24) is 4.90 Å². The molecule has 140 valence electrons. The molecule has 3 rings (SSSR count). The fourth-order valence-corrected chi connectivity index (χ4v) is 4.18. The van der Waals surface area contributed by atoms with Crippen LogP contribution in [0.3, 0.4) is 0 Å². The van der Waals surface area contributed by atoms with Crippen molar-refractivity contribution in [1.29, 1.82) is 0 Å². The third-order valence-corrected chi connectivity index (χ3v) is 5.72. The Balaban J connectivity index is 1.91. The molecule has 26 heavy (non-hydrogen) atoms. The van der Waals surface area contributed by atoms with Gasteiger partial charge in [0.05, 0.1) is 0 Å². The van der Waals surface area contributed by atoms with E-state index in [1.54, 1.807) is 0 Å². The first kappa shape index (κ1) is 19.0. The van der Waals surface area contributed by atoms with Gasteiger partial charge >= 0.3 is 0 Å². The number of fused-ring (bicyclic) bond motifs is 1. The number of phenolic OH excluding ortho intramolecular Hbond substituents is 1. The molecule has 2 aliphatic carbocycles. The van der Waals surface area contributed by atoms with Gasteiger partial charge in [0.25, 0.3) is 0 Å². The van der Waals surface area contributed by atoms with Gasteiger partial charge in [0.15, 0.2) is 0 Å². The van der Waals surface area contributed by atoms with Gasteiger partial charge in [-0.05, 0) is 65.6 Å². The number of allylic oxidation sites excluding steroid dienone is 6. The Morgan fingerprint density at radius 2 is 1.88 bits per heavy atom. The van der Waals surface area contributed by atoms with Gasteiger partial charge in [-0.2, -0.15) is 0 Å². The summed E-state index contributed by atoms with van der Waals surface area (Å²) < 4.78 is 0. The second-order valence-electron chi connectivity index (χ2n) is 8.41. The van der Waals surface area contributed by atoms with E-state index in [0.717, 1.165) is 18.5 Å². The lowest BCUT2D eigenvalue weighted by atomic mass is 9.85. The molecule has 1 aromatic rings. The number of benzene rings is 1. The Kier molecular flexibility index (Phi) is 5.72. The molecule has 2 nitrogen and oxygen atoms in total. The van der Waals surface area contributed by atoms with Gasteiger partial charge in [0.2, 0.25) is 0 Å². The first-order valence-electron chi connectivity index (χ1n) is 10.0. The smallest absolute Gasteiger partial charge is 0.119 e. The first-order valence-corrected chi connectivity index (χ1v) is 10.0. The van der Waals surface area contributed by atoms with Crippen molar-refractivity contribution in [3.05, 3.63) is 64.8 Å². The molecular weight excluding hydrogens is 318 g/mol. The van der Waals surface area contributed by atoms with Crippen molar-refractivity contribution in [2.45, 2.75) is 65.5 Å². The van der Waals surface area contributed by atoms with E-state index < -0.39 is 0 Å². The highest BCUT2D eigenvalue weighted by atomic mass is 16.3. The average Bonchev–Trinajstić information content (AvgIpc) is 3.31. The third kappa shape index (κ3) is 4.29. The lowest BCUT2D eigenvalue weighted by molar-refractivity contribution is 0.170. The molecule has 2 aliphatic rings. The van der Waals surface area contributed by atoms with Gasteiger partial charge in [-0.1, -0.05) is 47.6 Å². The quantitative estimate of drug-likeness (QED) is 0.677. The second kappa shape index (κ2) is 7.84. The zero-order valence-electron chi connectivity index (χ0n) is 16.9. The van der Waals surface area contributed by atoms with E-state index >= 15 is 0 Å². The maximum absolute atomic E-state index is 10.6. The molecule has 0 aliphatic heterocycles. The van der Waals surface area contributed by atoms with Gasteiger partial charge in [-0.25, -0.2) is 0 Å². The van der Waals surface area contributed by atoms with E-state index in [4.69, 9.17) is 0 Å². The Morgan fingerprint density at radius 3 is 2.58 bits per heavy atom. The van der Waals surface area contributed by atoms with Crippen LogP contribution in [0.25, 0.3) is 0 Å². The molecule has 1 saturated carbocycles. The van der Waals surface area contributed by atoms with Crippen LogP contribution in [0.5, 0.6) is 5.75 Å². The van der Waals surface area contributed by atoms with Crippen molar-refractivity contribution in [2.75, 3.05) is 6.54 Å². The summed E-state index contributed by atoms with van der Waals surface area (Å²) in [6.45, 7) is 12.2. The van der Waals surface area contributed by atoms with Gasteiger partial charge in [-0.15, -0.1) is 0 Å². The number of phenols is 1. The molecule has 1 N–H and O–H groups in total. The van der Waals surface area contributed by atoms with Gasteiger partial charge < -0.3 is 5.11 Å². The topological polar surface area (TPSA) is 23.5 Å². The SMILES string of the molecule is Cc1ccc(O)c(C(CCN(C(C)C)C(C)C)C2=CC=CC3CC3=C2)c1. The second-order valence-corrected chi connectivity index (χ2v) is 8.41. The van der Waals surface area contributed by atoms with E-state index in [1.165, 1.54) is 23.1 Å². The van der Waals surface area contributed by atoms with Crippen molar-refractivity contribution in [3.8, 4) is 5.75 Å². The predicted molar refractivity (Wildman–Crippen MR) is 111 cm³/mol. The minimum atomic E-state index is 0.228. The van der Waals surface area contributed by atoms with E-state index in [0.29, 0.717) is 23.8 Å². The molecule has 2 heteroatoms. The number of aryl methyl sites for hydroxylation is 1. The van der Waals surface area contributed by atoms with Crippen molar-refractivity contribution in [3.63, 3.8) is 0 Å². The maximum Gasteiger partial charge on any atom is 0.119 e. The summed E-state index contributed by atoms with van der Waals surface area (Å²) in [7, 11) is 0. The highest BCUT2D eigenvalue weighted by Gasteiger charge is 2.30. The Labute approximate surface area is 158 Å². The van der Waals surface area contributed by atoms with E-state index in [2.05, 4.69) is 69.9 Å². The van der Waals surface area contributed by atoms with Crippen LogP contribution in [-0.4, -0.2) is 28.6 Å². The van der Waals surface area contributed by atoms with Gasteiger partial charge in [-0.3, -0.25) is 4.90 Å². The minimum Gasteiger partial charge on any atom is -0.508 e. The molecule has 0 aromatic heterocycles. The van der Waals surface area contributed by atoms with E-state index in [-0.39, 0.29) is 5.92 Å². The zero-order chi connectivity index (χ0) is 18.8. The molecule has 0 spiro atoms. The van der Waals surface area contributed by atoms with Crippen LogP contribution < -0.4 is 0 Å². The fraction of sp³-hybridized carbons (Fsp3) is 0.500. The summed E-state index contributed by atoms with van der Waals surface area (Å²) >= 11 is 0. The summed E-state index contributed by atoms with van der Waals surface area (Å²) in [4.78, 5) is 2.54. The monoisotopic (exact) mass is 351 g/mol. The first-order chi connectivity index (χ1) is 12.4. The Hall–Kier alpha value is -1.80. The minimum absolute atomic E-state index is 0.228. The van der Waals surface area contributed by atoms with Crippen LogP contribution in [0.4, 0.5) is 0 Å². The highest BCUT2D eigenvalue weighted by molar-refractivity contribution is 5.50. The van der Waals surface area contributed by atoms with E-state index in [1.807, 2.05) is 12.1 Å². The molecule has 0 heterocycles. The Morgan fingerprint density at radius 1 is 1.15 bits per heavy atom. The van der Waals surface area contributed by atoms with Crippen molar-refractivity contribution in [2.24, 2.45) is 5.92 Å². The van der Waals surface area contributed by atoms with E-state index in [9.17, 15) is 5.11 Å². The summed E-state index contributed by atoms with van der Waals surface area (Å²) in [6, 6.07) is 7.04. The molecule has 1 fully saturated rings. The molecule has 0 radical (unpaired) electrons. The highest BCUT2D eigenvalue weighted by Crippen LogP contribution is 2.44. The summed E-state index contributed by atoms with van der Waals surface area (Å²) in [5.74, 6) is 1.30. The maximum atomic E-state index is 10.6. The van der Waals surface area contributed by atoms with Crippen LogP contribution >= 0.6 is 0 Å². The number of nitrogens with zero attached hydrogens (tertiary/aromatic N) is 1. The molecule has 0 saturated heterocycles. The van der Waals surface area contributed by atoms with Crippen molar-refractivity contribution < 1.29 is 5.11 Å². The van der Waals surface area contributed by atoms with Crippen LogP contribution in [0, 0.1) is 12.8 Å². The van der Waals surface area contributed by atoms with Crippen LogP contribution in [-0.2, 0) is 0 Å². The van der Waals surface area contributed by atoms with Gasteiger partial charge in [0.1, 0.15) is 5.75 Å². The molecule has 2 atom stereocenters. The normalized spacial score (nSPS) is 20.1. The van der Waals surface area contributed by atoms with Gasteiger partial charge in [0, 0.05) is 29.5 Å². The number of aromatic hydroxyl groups is 1.